The smallest absolute Gasteiger partial charge is 0.205 e. The van der Waals surface area contributed by atoms with Crippen LogP contribution in [0.1, 0.15) is 12.7 Å². The Bertz CT molecular complexity index is 642. The lowest BCUT2D eigenvalue weighted by Crippen LogP contribution is -2.53. The maximum absolute atomic E-state index is 4.58. The largest absolute Gasteiger partial charge is 0.354 e. The van der Waals surface area contributed by atoms with E-state index in [4.69, 9.17) is 0 Å². The Labute approximate surface area is 146 Å². The predicted octanol–water partition coefficient (Wildman–Crippen LogP) is 0.695. The number of aliphatic imine (C=N–C) groups is 1. The van der Waals surface area contributed by atoms with Gasteiger partial charge in [0.2, 0.25) is 5.13 Å². The maximum Gasteiger partial charge on any atom is 0.205 e. The van der Waals surface area contributed by atoms with Gasteiger partial charge in [-0.2, -0.15) is 9.47 Å². The van der Waals surface area contributed by atoms with Gasteiger partial charge in [0.15, 0.2) is 5.96 Å². The molecule has 0 aromatic carbocycles. The van der Waals surface area contributed by atoms with Gasteiger partial charge in [0, 0.05) is 70.1 Å². The molecular weight excluding hydrogens is 324 g/mol. The van der Waals surface area contributed by atoms with Crippen LogP contribution in [0, 0.1) is 0 Å². The van der Waals surface area contributed by atoms with Gasteiger partial charge >= 0.3 is 0 Å². The van der Waals surface area contributed by atoms with Gasteiger partial charge in [-0.1, -0.05) is 6.92 Å². The third-order valence-electron chi connectivity index (χ3n) is 4.02. The summed E-state index contributed by atoms with van der Waals surface area (Å²) < 4.78 is 6.29. The molecule has 1 N–H and O–H groups in total. The summed E-state index contributed by atoms with van der Waals surface area (Å²) in [4.78, 5) is 13.6. The van der Waals surface area contributed by atoms with Crippen molar-refractivity contribution in [3.8, 4) is 0 Å². The monoisotopic (exact) mass is 348 g/mol. The van der Waals surface area contributed by atoms with Crippen molar-refractivity contribution >= 4 is 22.6 Å². The Morgan fingerprint density at radius 1 is 1.33 bits per heavy atom. The number of anilines is 1. The Hall–Kier alpha value is -2.16. The van der Waals surface area contributed by atoms with Crippen LogP contribution in [0.5, 0.6) is 0 Å². The fourth-order valence-electron chi connectivity index (χ4n) is 2.67. The first kappa shape index (κ1) is 16.7. The zero-order valence-corrected chi connectivity index (χ0v) is 15.0. The normalized spacial score (nSPS) is 15.8. The summed E-state index contributed by atoms with van der Waals surface area (Å²) in [5, 5.41) is 8.66. The third-order valence-corrected chi connectivity index (χ3v) is 4.83. The minimum atomic E-state index is 0.810. The number of nitrogens with one attached hydrogen (secondary N) is 1. The molecule has 2 aromatic rings. The number of guanidine groups is 1. The highest BCUT2D eigenvalue weighted by Gasteiger charge is 2.21. The predicted molar refractivity (Wildman–Crippen MR) is 96.7 cm³/mol. The average molecular weight is 348 g/mol. The van der Waals surface area contributed by atoms with Gasteiger partial charge < -0.3 is 15.1 Å². The van der Waals surface area contributed by atoms with Crippen LogP contribution in [-0.4, -0.2) is 69.8 Å². The van der Waals surface area contributed by atoms with Gasteiger partial charge in [0.25, 0.3) is 0 Å². The Morgan fingerprint density at radius 3 is 2.79 bits per heavy atom. The standard InChI is InChI=1S/C15H24N8S/c1-3-13-19-15(24-20-13)22-11-9-21(10-12-22)14(16-2)17-6-8-23-7-4-5-18-23/h4-5,7H,3,6,8-12H2,1-2H3,(H,16,17). The molecule has 3 heterocycles. The highest BCUT2D eigenvalue weighted by atomic mass is 32.1. The summed E-state index contributed by atoms with van der Waals surface area (Å²) in [7, 11) is 1.83. The molecule has 0 unspecified atom stereocenters. The highest BCUT2D eigenvalue weighted by molar-refractivity contribution is 7.09. The molecule has 1 fully saturated rings. The molecule has 0 amide bonds. The van der Waals surface area contributed by atoms with Crippen molar-refractivity contribution in [3.63, 3.8) is 0 Å². The zero-order chi connectivity index (χ0) is 16.8. The van der Waals surface area contributed by atoms with Gasteiger partial charge in [-0.15, -0.1) is 0 Å². The Morgan fingerprint density at radius 2 is 2.17 bits per heavy atom. The number of rotatable bonds is 5. The Kier molecular flexibility index (Phi) is 5.63. The number of nitrogens with zero attached hydrogens (tertiary/aromatic N) is 7. The van der Waals surface area contributed by atoms with Gasteiger partial charge in [0.05, 0.1) is 6.54 Å². The van der Waals surface area contributed by atoms with E-state index >= 15 is 0 Å². The van der Waals surface area contributed by atoms with E-state index in [1.54, 1.807) is 6.20 Å². The SMILES string of the molecule is CCc1nsc(N2CCN(C(=NC)NCCn3cccn3)CC2)n1. The fourth-order valence-corrected chi connectivity index (χ4v) is 3.47. The molecule has 1 saturated heterocycles. The number of piperazine rings is 1. The quantitative estimate of drug-likeness (QED) is 0.633. The molecule has 2 aromatic heterocycles. The summed E-state index contributed by atoms with van der Waals surface area (Å²) in [5.74, 6) is 1.89. The van der Waals surface area contributed by atoms with E-state index in [-0.39, 0.29) is 0 Å². The molecule has 8 nitrogen and oxygen atoms in total. The second-order valence-electron chi connectivity index (χ2n) is 5.56. The van der Waals surface area contributed by atoms with Crippen LogP contribution in [-0.2, 0) is 13.0 Å². The molecule has 0 saturated carbocycles. The Balaban J connectivity index is 1.47. The lowest BCUT2D eigenvalue weighted by molar-refractivity contribution is 0.371. The molecule has 130 valence electrons. The lowest BCUT2D eigenvalue weighted by Gasteiger charge is -2.36. The summed E-state index contributed by atoms with van der Waals surface area (Å²) in [6.45, 7) is 7.48. The molecule has 0 radical (unpaired) electrons. The van der Waals surface area contributed by atoms with Crippen LogP contribution in [0.2, 0.25) is 0 Å². The molecule has 0 aliphatic carbocycles. The van der Waals surface area contributed by atoms with Crippen LogP contribution >= 0.6 is 11.5 Å². The van der Waals surface area contributed by atoms with E-state index in [0.717, 1.165) is 62.6 Å². The summed E-state index contributed by atoms with van der Waals surface area (Å²) in [6, 6.07) is 1.94. The van der Waals surface area contributed by atoms with Crippen molar-refractivity contribution in [2.75, 3.05) is 44.7 Å². The summed E-state index contributed by atoms with van der Waals surface area (Å²) in [6.07, 6.45) is 4.66. The van der Waals surface area contributed by atoms with E-state index in [0.29, 0.717) is 0 Å². The molecule has 9 heteroatoms. The van der Waals surface area contributed by atoms with Gasteiger partial charge in [0.1, 0.15) is 5.82 Å². The van der Waals surface area contributed by atoms with Crippen molar-refractivity contribution < 1.29 is 0 Å². The molecule has 0 atom stereocenters. The number of hydrogen-bond acceptors (Lipinski definition) is 6. The average Bonchev–Trinajstić information content (AvgIpc) is 3.30. The van der Waals surface area contributed by atoms with Crippen molar-refractivity contribution in [2.24, 2.45) is 4.99 Å². The van der Waals surface area contributed by atoms with E-state index in [9.17, 15) is 0 Å². The third kappa shape index (κ3) is 4.02. The van der Waals surface area contributed by atoms with Crippen LogP contribution in [0.4, 0.5) is 5.13 Å². The van der Waals surface area contributed by atoms with Crippen molar-refractivity contribution in [1.29, 1.82) is 0 Å². The van der Waals surface area contributed by atoms with Crippen LogP contribution in [0.3, 0.4) is 0 Å². The second kappa shape index (κ2) is 8.09. The second-order valence-corrected chi connectivity index (χ2v) is 6.29. The summed E-state index contributed by atoms with van der Waals surface area (Å²) in [5.41, 5.74) is 0. The van der Waals surface area contributed by atoms with Gasteiger partial charge in [-0.25, -0.2) is 4.98 Å². The number of aromatic nitrogens is 4. The van der Waals surface area contributed by atoms with E-state index in [2.05, 4.69) is 41.5 Å². The highest BCUT2D eigenvalue weighted by Crippen LogP contribution is 2.19. The molecule has 24 heavy (non-hydrogen) atoms. The fraction of sp³-hybridized carbons (Fsp3) is 0.600. The van der Waals surface area contributed by atoms with Gasteiger partial charge in [-0.05, 0) is 6.07 Å². The molecule has 0 bridgehead atoms. The molecule has 3 rings (SSSR count). The van der Waals surface area contributed by atoms with E-state index in [1.165, 1.54) is 11.5 Å². The topological polar surface area (TPSA) is 74.5 Å². The van der Waals surface area contributed by atoms with Crippen molar-refractivity contribution in [3.05, 3.63) is 24.3 Å². The first-order valence-electron chi connectivity index (χ1n) is 8.30. The van der Waals surface area contributed by atoms with Crippen LogP contribution in [0.25, 0.3) is 0 Å². The number of aryl methyl sites for hydroxylation is 1. The van der Waals surface area contributed by atoms with Crippen molar-refractivity contribution in [1.82, 2.24) is 29.4 Å². The van der Waals surface area contributed by atoms with Crippen LogP contribution in [0.15, 0.2) is 23.5 Å². The van der Waals surface area contributed by atoms with Crippen LogP contribution < -0.4 is 10.2 Å². The van der Waals surface area contributed by atoms with E-state index in [1.807, 2.05) is 24.0 Å². The van der Waals surface area contributed by atoms with E-state index < -0.39 is 0 Å². The van der Waals surface area contributed by atoms with Gasteiger partial charge in [-0.3, -0.25) is 9.67 Å². The molecular formula is C15H24N8S. The first-order valence-corrected chi connectivity index (χ1v) is 9.08. The maximum atomic E-state index is 4.58. The number of hydrogen-bond donors (Lipinski definition) is 1. The lowest BCUT2D eigenvalue weighted by atomic mass is 10.3. The minimum absolute atomic E-state index is 0.810. The summed E-state index contributed by atoms with van der Waals surface area (Å²) >= 11 is 1.50. The zero-order valence-electron chi connectivity index (χ0n) is 14.2. The molecule has 0 spiro atoms. The first-order chi connectivity index (χ1) is 11.8. The molecule has 1 aliphatic heterocycles. The molecule has 1 aliphatic rings. The van der Waals surface area contributed by atoms with Crippen molar-refractivity contribution in [2.45, 2.75) is 19.9 Å². The minimum Gasteiger partial charge on any atom is -0.354 e.